The highest BCUT2D eigenvalue weighted by Crippen LogP contribution is 2.49. The number of anilines is 3. The fourth-order valence-electron chi connectivity index (χ4n) is 9.82. The number of halogens is 2. The number of primary amides is 1. The molecule has 2 aromatic carbocycles. The Kier molecular flexibility index (Phi) is 22.1. The molecular formula is C55H72Cl2N10O14S. The van der Waals surface area contributed by atoms with Gasteiger partial charge in [-0.15, -0.1) is 0 Å². The van der Waals surface area contributed by atoms with Crippen LogP contribution in [0.25, 0.3) is 0 Å². The second-order valence-corrected chi connectivity index (χ2v) is 22.2. The number of hydrogen-bond acceptors (Lipinski definition) is 15. The molecule has 27 heteroatoms. The molecule has 2 aromatic rings. The van der Waals surface area contributed by atoms with Gasteiger partial charge in [-0.2, -0.15) is 0 Å². The van der Waals surface area contributed by atoms with E-state index in [1.165, 1.54) is 56.5 Å². The first-order chi connectivity index (χ1) is 38.8. The number of benzene rings is 2. The number of nitrogens with zero attached hydrogens (tertiary/aromatic N) is 2. The first-order valence-electron chi connectivity index (χ1n) is 26.7. The largest absolute Gasteiger partial charge is 0.495 e. The molecule has 0 unspecified atom stereocenters. The summed E-state index contributed by atoms with van der Waals surface area (Å²) in [4.78, 5) is 107. The summed E-state index contributed by atoms with van der Waals surface area (Å²) in [6.45, 7) is 9.60. The van der Waals surface area contributed by atoms with Gasteiger partial charge in [0.15, 0.2) is 10.8 Å². The van der Waals surface area contributed by atoms with Crippen LogP contribution in [-0.4, -0.2) is 152 Å². The zero-order valence-electron chi connectivity index (χ0n) is 46.9. The Labute approximate surface area is 490 Å². The Morgan fingerprint density at radius 3 is 2.34 bits per heavy atom. The first-order valence-corrected chi connectivity index (χ1v) is 27.8. The predicted octanol–water partition coefficient (Wildman–Crippen LogP) is 5.09. The van der Waals surface area contributed by atoms with Crippen LogP contribution in [0.4, 0.5) is 31.4 Å². The van der Waals surface area contributed by atoms with Crippen LogP contribution in [0.1, 0.15) is 78.7 Å². The number of rotatable bonds is 19. The van der Waals surface area contributed by atoms with Crippen molar-refractivity contribution in [2.75, 3.05) is 56.4 Å². The number of carbonyl (C=O) groups excluding carboxylic acids is 8. The zero-order chi connectivity index (χ0) is 60.2. The van der Waals surface area contributed by atoms with Crippen molar-refractivity contribution >= 4 is 105 Å². The molecule has 0 aliphatic carbocycles. The Hall–Kier alpha value is -7.03. The van der Waals surface area contributed by atoms with E-state index >= 15 is 0 Å². The summed E-state index contributed by atoms with van der Waals surface area (Å²) in [6, 6.07) is 4.90. The van der Waals surface area contributed by atoms with Crippen molar-refractivity contribution in [3.63, 3.8) is 0 Å². The lowest BCUT2D eigenvalue weighted by Gasteiger charge is -2.42. The second-order valence-electron chi connectivity index (χ2n) is 21.0. The van der Waals surface area contributed by atoms with Gasteiger partial charge in [0.1, 0.15) is 46.8 Å². The Morgan fingerprint density at radius 2 is 1.68 bits per heavy atom. The van der Waals surface area contributed by atoms with Crippen LogP contribution >= 0.6 is 35.4 Å². The smallest absolute Gasteiger partial charge is 0.412 e. The molecule has 4 aliphatic rings. The zero-order valence-corrected chi connectivity index (χ0v) is 49.2. The number of epoxide rings is 1. The Balaban J connectivity index is 1.16. The fourth-order valence-corrected chi connectivity index (χ4v) is 10.6. The van der Waals surface area contributed by atoms with E-state index in [1.807, 2.05) is 13.0 Å². The van der Waals surface area contributed by atoms with Crippen molar-refractivity contribution in [1.29, 1.82) is 0 Å². The predicted molar refractivity (Wildman–Crippen MR) is 309 cm³/mol. The van der Waals surface area contributed by atoms with E-state index in [-0.39, 0.29) is 76.6 Å². The van der Waals surface area contributed by atoms with Crippen molar-refractivity contribution in [1.82, 2.24) is 31.5 Å². The van der Waals surface area contributed by atoms with E-state index in [2.05, 4.69) is 37.2 Å². The quantitative estimate of drug-likeness (QED) is 0.0383. The average molecular weight is 1200 g/mol. The minimum Gasteiger partial charge on any atom is -0.495 e. The van der Waals surface area contributed by atoms with Crippen molar-refractivity contribution in [3.05, 3.63) is 81.9 Å². The van der Waals surface area contributed by atoms with Gasteiger partial charge in [-0.05, 0) is 100.0 Å². The lowest BCUT2D eigenvalue weighted by atomic mass is 9.83. The van der Waals surface area contributed by atoms with E-state index in [0.717, 1.165) is 16.0 Å². The molecule has 2 saturated heterocycles. The molecule has 4 aliphatic heterocycles. The maximum absolute atomic E-state index is 14.4. The number of imide groups is 1. The lowest BCUT2D eigenvalue weighted by Crippen LogP contribution is -2.63. The molecule has 9 amide bonds. The van der Waals surface area contributed by atoms with Crippen LogP contribution in [0.15, 0.2) is 66.3 Å². The van der Waals surface area contributed by atoms with Gasteiger partial charge in [0, 0.05) is 64.0 Å². The van der Waals surface area contributed by atoms with E-state index in [1.54, 1.807) is 52.0 Å². The topological polar surface area (TPSA) is 323 Å². The first kappa shape index (κ1) is 64.1. The second kappa shape index (κ2) is 28.3. The average Bonchev–Trinajstić information content (AvgIpc) is 2.00. The van der Waals surface area contributed by atoms with Gasteiger partial charge < -0.3 is 66.0 Å². The number of nitrogens with one attached hydrogen (secondary N) is 7. The molecule has 4 bridgehead atoms. The molecule has 446 valence electrons. The normalized spacial score (nSPS) is 25.3. The van der Waals surface area contributed by atoms with E-state index in [0.29, 0.717) is 37.2 Å². The monoisotopic (exact) mass is 1200 g/mol. The lowest BCUT2D eigenvalue weighted by molar-refractivity contribution is -0.142. The summed E-state index contributed by atoms with van der Waals surface area (Å²) in [5.41, 5.74) is 4.15. The molecule has 24 nitrogen and oxygen atoms in total. The molecule has 4 heterocycles. The number of methoxy groups -OCH3 is 2. The van der Waals surface area contributed by atoms with E-state index in [4.69, 9.17) is 64.8 Å². The highest BCUT2D eigenvalue weighted by Gasteiger charge is 2.64. The van der Waals surface area contributed by atoms with Crippen molar-refractivity contribution in [2.45, 2.75) is 127 Å². The maximum atomic E-state index is 14.4. The molecule has 2 fully saturated rings. The summed E-state index contributed by atoms with van der Waals surface area (Å²) < 4.78 is 29.3. The van der Waals surface area contributed by atoms with Crippen LogP contribution in [0.5, 0.6) is 5.75 Å². The fraction of sp³-hybridized carbons (Fsp3) is 0.509. The maximum Gasteiger partial charge on any atom is 0.412 e. The molecule has 9 atom stereocenters. The highest BCUT2D eigenvalue weighted by atomic mass is 35.5. The molecular weight excluding hydrogens is 1130 g/mol. The van der Waals surface area contributed by atoms with Crippen LogP contribution < -0.4 is 52.6 Å². The number of unbranched alkanes of at least 4 members (excludes halogenated alkanes) is 1. The van der Waals surface area contributed by atoms with Crippen LogP contribution in [0, 0.1) is 11.8 Å². The van der Waals surface area contributed by atoms with Gasteiger partial charge in [-0.1, -0.05) is 67.8 Å². The van der Waals surface area contributed by atoms with Crippen molar-refractivity contribution in [2.24, 2.45) is 17.6 Å². The number of ether oxygens (including phenoxy) is 5. The number of amides is 9. The number of urea groups is 1. The molecule has 0 spiro atoms. The van der Waals surface area contributed by atoms with Crippen molar-refractivity contribution in [3.8, 4) is 5.75 Å². The third-order valence-electron chi connectivity index (χ3n) is 14.5. The molecule has 0 aromatic heterocycles. The van der Waals surface area contributed by atoms with Gasteiger partial charge in [-0.25, -0.2) is 14.4 Å². The summed E-state index contributed by atoms with van der Waals surface area (Å²) in [5.74, 6) is -3.09. The highest BCUT2D eigenvalue weighted by molar-refractivity contribution is 7.80. The minimum atomic E-state index is -1.91. The Morgan fingerprint density at radius 1 is 0.976 bits per heavy atom. The number of aliphatic hydroxyl groups is 1. The number of carbonyl (C=O) groups is 8. The summed E-state index contributed by atoms with van der Waals surface area (Å²) in [5, 5.41) is 31.3. The van der Waals surface area contributed by atoms with E-state index < -0.39 is 96.1 Å². The Bertz CT molecular complexity index is 2860. The molecule has 10 N–H and O–H groups in total. The third-order valence-corrected chi connectivity index (χ3v) is 15.5. The summed E-state index contributed by atoms with van der Waals surface area (Å²) in [7, 11) is 4.38. The number of allylic oxidation sites excluding steroid dienone is 3. The van der Waals surface area contributed by atoms with Gasteiger partial charge >= 0.3 is 18.2 Å². The molecule has 0 radical (unpaired) electrons. The number of fused-ring (bicyclic) bond motifs is 5. The number of alkyl carbamates (subject to hydrolysis) is 1. The van der Waals surface area contributed by atoms with Gasteiger partial charge in [0.25, 0.3) is 11.8 Å². The van der Waals surface area contributed by atoms with Crippen LogP contribution in [0.3, 0.4) is 0 Å². The molecule has 6 rings (SSSR count). The van der Waals surface area contributed by atoms with Crippen LogP contribution in [-0.2, 0) is 49.3 Å². The molecule has 82 heavy (non-hydrogen) atoms. The standard InChI is InChI=1S/C55H72Cl2N10O14S/c1-29(2)46(64-51(82)60-20-9-10-22-67-42(68)18-19-43(67)69)49(72)62-36(14-12-21-59-50(58)73)48(71)61-33-16-17-35(34(56)26-33)63-52(74)80-41-27-44(70)66(6)37-24-32(25-38(77-7)45(37)57)23-30(3)13-11-15-40(78-8)55(76)28-39(79-53(75)65-55)31(4)47-54(41,5)81-47/h11,13,15-19,24-26,29,31,36,39-41,46-47,76H,9-10,12,14,20-23,27-28H2,1-8H3,(H,61,71)(H,62,72)(H,63,74)(H,65,75)(H3,58,59,73)(H2,60,64,82)/b15-11+,30-13+/t31-,36+,39+,40-,41+,46+,47+,54+,55+/m1/s1. The SMILES string of the molecule is COc1cc2cc(c1Cl)N(C)C(=O)C[C@H](OC(=O)Nc1ccc(NC(=O)[C@H](CCCNC(N)=O)NC(=O)[C@@H](NC(=S)NCCCCN3C(=O)C=CC3=O)C(C)C)cc1Cl)[C@]1(C)O[C@H]1[C@H](C)[C@@H]1C[C@@](O)(NC(=O)O1)[C@H](OC)/C=C/C=C(\C)C2. The number of thiocarbonyl (C=S) groups is 1. The third kappa shape index (κ3) is 16.6. The number of hydrogen-bond donors (Lipinski definition) is 9. The van der Waals surface area contributed by atoms with E-state index in [9.17, 15) is 43.5 Å². The van der Waals surface area contributed by atoms with Gasteiger partial charge in [0.2, 0.25) is 17.7 Å². The van der Waals surface area contributed by atoms with Crippen LogP contribution in [0.2, 0.25) is 10.0 Å². The van der Waals surface area contributed by atoms with Gasteiger partial charge in [0.05, 0.1) is 36.0 Å². The summed E-state index contributed by atoms with van der Waals surface area (Å²) in [6.07, 6.45) is 2.86. The number of nitrogens with two attached hydrogens (primary N) is 1. The summed E-state index contributed by atoms with van der Waals surface area (Å²) >= 11 is 19.0. The van der Waals surface area contributed by atoms with Crippen molar-refractivity contribution < 1.29 is 67.1 Å². The van der Waals surface area contributed by atoms with Gasteiger partial charge in [-0.3, -0.25) is 39.5 Å². The minimum absolute atomic E-state index is 0.0456. The molecule has 0 saturated carbocycles.